The molecule has 0 aromatic carbocycles. The minimum absolute atomic E-state index is 0.741. The summed E-state index contributed by atoms with van der Waals surface area (Å²) < 4.78 is 11.9. The van der Waals surface area contributed by atoms with Crippen LogP contribution in [0.4, 0.5) is 0 Å². The molecule has 0 aromatic rings. The Morgan fingerprint density at radius 2 is 1.84 bits per heavy atom. The Morgan fingerprint density at radius 3 is 2.42 bits per heavy atom. The standard InChI is InChI=1S/C16H32O2Si/c1-4-6-13-19(17-5-2)18-15(3)14-16-11-9-7-8-10-12-16/h14,16,19H,4-13H2,1-3H3. The second-order valence-corrected chi connectivity index (χ2v) is 7.68. The van der Waals surface area contributed by atoms with E-state index in [-0.39, 0.29) is 0 Å². The van der Waals surface area contributed by atoms with Gasteiger partial charge in [-0.25, -0.2) is 0 Å². The predicted octanol–water partition coefficient (Wildman–Crippen LogP) is 4.93. The molecule has 1 unspecified atom stereocenters. The molecule has 19 heavy (non-hydrogen) atoms. The van der Waals surface area contributed by atoms with E-state index < -0.39 is 9.28 Å². The lowest BCUT2D eigenvalue weighted by molar-refractivity contribution is 0.244. The summed E-state index contributed by atoms with van der Waals surface area (Å²) in [6.45, 7) is 7.21. The van der Waals surface area contributed by atoms with Gasteiger partial charge in [0.15, 0.2) is 0 Å². The lowest BCUT2D eigenvalue weighted by atomic mass is 10.00. The van der Waals surface area contributed by atoms with Crippen LogP contribution in [0, 0.1) is 5.92 Å². The molecule has 0 aliphatic heterocycles. The number of hydrogen-bond donors (Lipinski definition) is 0. The van der Waals surface area contributed by atoms with E-state index in [1.807, 2.05) is 0 Å². The van der Waals surface area contributed by atoms with Crippen LogP contribution >= 0.6 is 0 Å². The summed E-state index contributed by atoms with van der Waals surface area (Å²) in [5.74, 6) is 1.86. The highest BCUT2D eigenvalue weighted by Crippen LogP contribution is 2.25. The van der Waals surface area contributed by atoms with Crippen molar-refractivity contribution < 1.29 is 8.85 Å². The molecule has 0 spiro atoms. The second-order valence-electron chi connectivity index (χ2n) is 5.67. The molecular weight excluding hydrogens is 252 g/mol. The topological polar surface area (TPSA) is 18.5 Å². The molecule has 0 saturated heterocycles. The minimum Gasteiger partial charge on any atom is -0.526 e. The zero-order chi connectivity index (χ0) is 13.9. The molecule has 1 fully saturated rings. The third-order valence-electron chi connectivity index (χ3n) is 3.83. The summed E-state index contributed by atoms with van der Waals surface area (Å²) in [7, 11) is -1.46. The van der Waals surface area contributed by atoms with Crippen molar-refractivity contribution >= 4 is 9.28 Å². The highest BCUT2D eigenvalue weighted by molar-refractivity contribution is 6.44. The van der Waals surface area contributed by atoms with E-state index in [9.17, 15) is 0 Å². The summed E-state index contributed by atoms with van der Waals surface area (Å²) in [6.07, 6.45) is 13.1. The minimum atomic E-state index is -1.46. The lowest BCUT2D eigenvalue weighted by Gasteiger charge is -2.19. The maximum absolute atomic E-state index is 6.11. The third kappa shape index (κ3) is 7.78. The molecule has 0 radical (unpaired) electrons. The average Bonchev–Trinajstić information content (AvgIpc) is 2.64. The molecule has 0 bridgehead atoms. The molecular formula is C16H32O2Si. The van der Waals surface area contributed by atoms with Gasteiger partial charge in [0.25, 0.3) is 0 Å². The van der Waals surface area contributed by atoms with Crippen LogP contribution in [0.5, 0.6) is 0 Å². The number of hydrogen-bond acceptors (Lipinski definition) is 2. The van der Waals surface area contributed by atoms with Crippen molar-refractivity contribution in [3.63, 3.8) is 0 Å². The fourth-order valence-corrected chi connectivity index (χ4v) is 4.75. The van der Waals surface area contributed by atoms with Crippen molar-refractivity contribution in [3.8, 4) is 0 Å². The molecule has 1 atom stereocenters. The van der Waals surface area contributed by atoms with Crippen LogP contribution in [0.15, 0.2) is 11.8 Å². The Bertz CT molecular complexity index is 245. The molecule has 2 nitrogen and oxygen atoms in total. The van der Waals surface area contributed by atoms with Gasteiger partial charge in [0, 0.05) is 6.61 Å². The first-order valence-corrected chi connectivity index (χ1v) is 9.98. The SMILES string of the molecule is CCCC[SiH](OCC)OC(C)=CC1CCCCCC1. The van der Waals surface area contributed by atoms with Crippen molar-refractivity contribution in [1.29, 1.82) is 0 Å². The third-order valence-corrected chi connectivity index (χ3v) is 6.05. The maximum atomic E-state index is 6.11. The lowest BCUT2D eigenvalue weighted by Crippen LogP contribution is -2.22. The van der Waals surface area contributed by atoms with Crippen LogP contribution in [-0.2, 0) is 8.85 Å². The van der Waals surface area contributed by atoms with E-state index in [0.29, 0.717) is 0 Å². The molecule has 112 valence electrons. The van der Waals surface area contributed by atoms with Gasteiger partial charge in [-0.15, -0.1) is 0 Å². The van der Waals surface area contributed by atoms with Gasteiger partial charge in [-0.05, 0) is 44.7 Å². The van der Waals surface area contributed by atoms with E-state index in [1.54, 1.807) is 0 Å². The van der Waals surface area contributed by atoms with Gasteiger partial charge >= 0.3 is 9.28 Å². The van der Waals surface area contributed by atoms with Crippen molar-refractivity contribution in [2.75, 3.05) is 6.61 Å². The normalized spacial score (nSPS) is 20.1. The van der Waals surface area contributed by atoms with Crippen molar-refractivity contribution in [1.82, 2.24) is 0 Å². The number of allylic oxidation sites excluding steroid dienone is 2. The van der Waals surface area contributed by atoms with Crippen molar-refractivity contribution in [2.45, 2.75) is 78.2 Å². The van der Waals surface area contributed by atoms with Crippen molar-refractivity contribution in [2.24, 2.45) is 5.92 Å². The Balaban J connectivity index is 2.41. The maximum Gasteiger partial charge on any atom is 0.382 e. The molecule has 1 aliphatic carbocycles. The predicted molar refractivity (Wildman–Crippen MR) is 84.5 cm³/mol. The molecule has 1 aliphatic rings. The van der Waals surface area contributed by atoms with E-state index in [4.69, 9.17) is 8.85 Å². The first kappa shape index (κ1) is 16.8. The highest BCUT2D eigenvalue weighted by Gasteiger charge is 2.15. The quantitative estimate of drug-likeness (QED) is 0.357. The molecule has 1 rings (SSSR count). The van der Waals surface area contributed by atoms with Crippen LogP contribution < -0.4 is 0 Å². The Hall–Kier alpha value is -0.283. The largest absolute Gasteiger partial charge is 0.526 e. The monoisotopic (exact) mass is 284 g/mol. The zero-order valence-corrected chi connectivity index (χ0v) is 14.3. The fourth-order valence-electron chi connectivity index (χ4n) is 2.79. The average molecular weight is 285 g/mol. The van der Waals surface area contributed by atoms with E-state index >= 15 is 0 Å². The van der Waals surface area contributed by atoms with Gasteiger partial charge in [-0.3, -0.25) is 0 Å². The van der Waals surface area contributed by atoms with Crippen LogP contribution in [0.3, 0.4) is 0 Å². The van der Waals surface area contributed by atoms with Gasteiger partial charge in [-0.1, -0.05) is 45.4 Å². The van der Waals surface area contributed by atoms with Gasteiger partial charge in [0.05, 0.1) is 5.76 Å². The van der Waals surface area contributed by atoms with Crippen LogP contribution in [-0.4, -0.2) is 15.9 Å². The first-order valence-electron chi connectivity index (χ1n) is 8.23. The molecule has 1 saturated carbocycles. The van der Waals surface area contributed by atoms with E-state index in [0.717, 1.165) is 24.3 Å². The second kappa shape index (κ2) is 10.5. The molecule has 0 N–H and O–H groups in total. The molecule has 0 amide bonds. The smallest absolute Gasteiger partial charge is 0.382 e. The Morgan fingerprint density at radius 1 is 1.16 bits per heavy atom. The van der Waals surface area contributed by atoms with Crippen LogP contribution in [0.25, 0.3) is 0 Å². The highest BCUT2D eigenvalue weighted by atomic mass is 28.3. The van der Waals surface area contributed by atoms with Crippen LogP contribution in [0.1, 0.15) is 72.1 Å². The molecule has 0 aromatic heterocycles. The van der Waals surface area contributed by atoms with E-state index in [1.165, 1.54) is 51.4 Å². The summed E-state index contributed by atoms with van der Waals surface area (Å²) in [4.78, 5) is 0. The summed E-state index contributed by atoms with van der Waals surface area (Å²) in [5.41, 5.74) is 0. The molecule has 0 heterocycles. The first-order chi connectivity index (χ1) is 9.26. The summed E-state index contributed by atoms with van der Waals surface area (Å²) in [5, 5.41) is 0. The number of unbranched alkanes of at least 4 members (excludes halogenated alkanes) is 1. The zero-order valence-electron chi connectivity index (χ0n) is 13.1. The van der Waals surface area contributed by atoms with Crippen LogP contribution in [0.2, 0.25) is 6.04 Å². The van der Waals surface area contributed by atoms with Gasteiger partial charge in [0.2, 0.25) is 0 Å². The number of rotatable bonds is 8. The van der Waals surface area contributed by atoms with E-state index in [2.05, 4.69) is 26.8 Å². The fraction of sp³-hybridized carbons (Fsp3) is 0.875. The van der Waals surface area contributed by atoms with Gasteiger partial charge in [-0.2, -0.15) is 0 Å². The summed E-state index contributed by atoms with van der Waals surface area (Å²) in [6, 6.07) is 1.14. The Kier molecular flexibility index (Phi) is 9.27. The Labute approximate surface area is 121 Å². The molecule has 3 heteroatoms. The van der Waals surface area contributed by atoms with Crippen molar-refractivity contribution in [3.05, 3.63) is 11.8 Å². The van der Waals surface area contributed by atoms with Gasteiger partial charge in [0.1, 0.15) is 0 Å². The summed E-state index contributed by atoms with van der Waals surface area (Å²) >= 11 is 0. The van der Waals surface area contributed by atoms with Gasteiger partial charge < -0.3 is 8.85 Å².